The summed E-state index contributed by atoms with van der Waals surface area (Å²) in [4.78, 5) is 22.7. The van der Waals surface area contributed by atoms with Crippen LogP contribution in [-0.4, -0.2) is 27.3 Å². The molecule has 1 saturated heterocycles. The summed E-state index contributed by atoms with van der Waals surface area (Å²) in [6, 6.07) is 2.49. The van der Waals surface area contributed by atoms with Gasteiger partial charge in [-0.05, 0) is 48.7 Å². The van der Waals surface area contributed by atoms with Gasteiger partial charge < -0.3 is 5.32 Å². The van der Waals surface area contributed by atoms with E-state index < -0.39 is 0 Å². The molecule has 0 radical (unpaired) electrons. The molecule has 0 spiro atoms. The molecule has 3 heterocycles. The molecule has 0 unspecified atom stereocenters. The van der Waals surface area contributed by atoms with Gasteiger partial charge in [-0.25, -0.2) is 9.97 Å². The zero-order valence-electron chi connectivity index (χ0n) is 13.6. The predicted molar refractivity (Wildman–Crippen MR) is 91.0 cm³/mol. The highest BCUT2D eigenvalue weighted by molar-refractivity contribution is 7.07. The molecule has 122 valence electrons. The van der Waals surface area contributed by atoms with Crippen LogP contribution in [0.5, 0.6) is 0 Å². The van der Waals surface area contributed by atoms with E-state index in [1.54, 1.807) is 11.3 Å². The summed E-state index contributed by atoms with van der Waals surface area (Å²) in [5.41, 5.74) is 3.45. The van der Waals surface area contributed by atoms with Gasteiger partial charge in [0.05, 0.1) is 11.7 Å². The maximum Gasteiger partial charge on any atom is 0.217 e. The third kappa shape index (κ3) is 3.95. The molecule has 6 heteroatoms. The van der Waals surface area contributed by atoms with Crippen molar-refractivity contribution < 1.29 is 4.79 Å². The van der Waals surface area contributed by atoms with Gasteiger partial charge >= 0.3 is 0 Å². The van der Waals surface area contributed by atoms with Gasteiger partial charge in [-0.1, -0.05) is 0 Å². The molecular formula is C17H22N4OS. The Morgan fingerprint density at radius 2 is 2.39 bits per heavy atom. The summed E-state index contributed by atoms with van der Waals surface area (Å²) in [6.07, 6.45) is 4.14. The number of carbonyl (C=O) groups is 1. The van der Waals surface area contributed by atoms with Crippen molar-refractivity contribution >= 4 is 17.2 Å². The molecule has 1 aliphatic heterocycles. The third-order valence-corrected chi connectivity index (χ3v) is 4.92. The second kappa shape index (κ2) is 7.19. The van der Waals surface area contributed by atoms with E-state index >= 15 is 0 Å². The van der Waals surface area contributed by atoms with Crippen molar-refractivity contribution in [3.63, 3.8) is 0 Å². The lowest BCUT2D eigenvalue weighted by molar-refractivity contribution is -0.119. The van der Waals surface area contributed by atoms with Gasteiger partial charge in [0.15, 0.2) is 0 Å². The molecule has 0 aliphatic carbocycles. The van der Waals surface area contributed by atoms with Crippen LogP contribution >= 0.6 is 11.3 Å². The zero-order chi connectivity index (χ0) is 16.2. The topological polar surface area (TPSA) is 58.1 Å². The number of nitrogens with one attached hydrogen (secondary N) is 1. The van der Waals surface area contributed by atoms with E-state index in [9.17, 15) is 4.79 Å². The Balaban J connectivity index is 1.83. The molecule has 23 heavy (non-hydrogen) atoms. The monoisotopic (exact) mass is 330 g/mol. The molecule has 2 aromatic heterocycles. The number of carbonyl (C=O) groups excluding carboxylic acids is 1. The van der Waals surface area contributed by atoms with Crippen molar-refractivity contribution in [3.05, 3.63) is 45.7 Å². The van der Waals surface area contributed by atoms with Crippen molar-refractivity contribution in [3.8, 4) is 0 Å². The normalized spacial score (nSPS) is 18.3. The minimum Gasteiger partial charge on any atom is -0.352 e. The second-order valence-electron chi connectivity index (χ2n) is 6.00. The number of amides is 1. The van der Waals surface area contributed by atoms with Gasteiger partial charge in [-0.3, -0.25) is 9.69 Å². The van der Waals surface area contributed by atoms with Crippen LogP contribution in [0, 0.1) is 6.92 Å². The standard InChI is InChI=1S/C17H22N4OS/c1-12-18-8-15(9-19-13(2)22)17(20-12)16-4-3-6-21(16)10-14-5-7-23-11-14/h5,7-8,11,16H,3-4,6,9-10H2,1-2H3,(H,19,22)/t16-/m0/s1. The summed E-state index contributed by atoms with van der Waals surface area (Å²) in [6.45, 7) is 5.99. The van der Waals surface area contributed by atoms with Crippen LogP contribution in [0.2, 0.25) is 0 Å². The number of hydrogen-bond acceptors (Lipinski definition) is 5. The van der Waals surface area contributed by atoms with Crippen molar-refractivity contribution in [1.29, 1.82) is 0 Å². The predicted octanol–water partition coefficient (Wildman–Crippen LogP) is 2.82. The number of aromatic nitrogens is 2. The maximum absolute atomic E-state index is 11.2. The Morgan fingerprint density at radius 1 is 1.52 bits per heavy atom. The summed E-state index contributed by atoms with van der Waals surface area (Å²) in [7, 11) is 0. The van der Waals surface area contributed by atoms with Crippen LogP contribution < -0.4 is 5.32 Å². The number of aryl methyl sites for hydroxylation is 1. The van der Waals surface area contributed by atoms with E-state index in [1.165, 1.54) is 18.9 Å². The first-order valence-corrected chi connectivity index (χ1v) is 8.89. The van der Waals surface area contributed by atoms with Gasteiger partial charge in [-0.2, -0.15) is 11.3 Å². The molecule has 5 nitrogen and oxygen atoms in total. The summed E-state index contributed by atoms with van der Waals surface area (Å²) in [5, 5.41) is 7.20. The number of hydrogen-bond donors (Lipinski definition) is 1. The van der Waals surface area contributed by atoms with Gasteiger partial charge in [-0.15, -0.1) is 0 Å². The number of rotatable bonds is 5. The highest BCUT2D eigenvalue weighted by Crippen LogP contribution is 2.34. The Labute approximate surface area is 140 Å². The highest BCUT2D eigenvalue weighted by atomic mass is 32.1. The van der Waals surface area contributed by atoms with Crippen LogP contribution in [0.25, 0.3) is 0 Å². The maximum atomic E-state index is 11.2. The van der Waals surface area contributed by atoms with Crippen LogP contribution in [0.1, 0.15) is 48.5 Å². The molecule has 1 fully saturated rings. The molecule has 1 amide bonds. The first kappa shape index (κ1) is 16.1. The lowest BCUT2D eigenvalue weighted by atomic mass is 10.1. The zero-order valence-corrected chi connectivity index (χ0v) is 14.4. The molecule has 3 rings (SSSR count). The Kier molecular flexibility index (Phi) is 5.03. The molecule has 0 saturated carbocycles. The minimum atomic E-state index is -0.0296. The SMILES string of the molecule is CC(=O)NCc1cnc(C)nc1[C@@H]1CCCN1Cc1ccsc1. The minimum absolute atomic E-state index is 0.0296. The lowest BCUT2D eigenvalue weighted by Gasteiger charge is -2.25. The van der Waals surface area contributed by atoms with Crippen molar-refractivity contribution in [1.82, 2.24) is 20.2 Å². The average molecular weight is 330 g/mol. The van der Waals surface area contributed by atoms with E-state index in [0.29, 0.717) is 12.6 Å². The fraction of sp³-hybridized carbons (Fsp3) is 0.471. The first-order valence-electron chi connectivity index (χ1n) is 7.95. The van der Waals surface area contributed by atoms with E-state index in [-0.39, 0.29) is 5.91 Å². The highest BCUT2D eigenvalue weighted by Gasteiger charge is 2.29. The van der Waals surface area contributed by atoms with Crippen LogP contribution in [0.15, 0.2) is 23.0 Å². The Bertz CT molecular complexity index is 671. The smallest absolute Gasteiger partial charge is 0.217 e. The van der Waals surface area contributed by atoms with E-state index in [0.717, 1.165) is 36.6 Å². The molecule has 1 aliphatic rings. The second-order valence-corrected chi connectivity index (χ2v) is 6.78. The lowest BCUT2D eigenvalue weighted by Crippen LogP contribution is -2.26. The van der Waals surface area contributed by atoms with E-state index in [4.69, 9.17) is 4.98 Å². The third-order valence-electron chi connectivity index (χ3n) is 4.19. The van der Waals surface area contributed by atoms with Crippen LogP contribution in [0.4, 0.5) is 0 Å². The van der Waals surface area contributed by atoms with E-state index in [2.05, 4.69) is 32.0 Å². The number of nitrogens with zero attached hydrogens (tertiary/aromatic N) is 3. The van der Waals surface area contributed by atoms with Crippen LogP contribution in [0.3, 0.4) is 0 Å². The molecule has 1 atom stereocenters. The quantitative estimate of drug-likeness (QED) is 0.916. The fourth-order valence-electron chi connectivity index (χ4n) is 3.10. The number of thiophene rings is 1. The average Bonchev–Trinajstić information content (AvgIpc) is 3.18. The van der Waals surface area contributed by atoms with Crippen LogP contribution in [-0.2, 0) is 17.9 Å². The molecule has 0 aromatic carbocycles. The van der Waals surface area contributed by atoms with Crippen molar-refractivity contribution in [2.75, 3.05) is 6.54 Å². The van der Waals surface area contributed by atoms with Crippen molar-refractivity contribution in [2.24, 2.45) is 0 Å². The Morgan fingerprint density at radius 3 is 3.13 bits per heavy atom. The molecular weight excluding hydrogens is 308 g/mol. The summed E-state index contributed by atoms with van der Waals surface area (Å²) >= 11 is 1.74. The fourth-order valence-corrected chi connectivity index (χ4v) is 3.76. The summed E-state index contributed by atoms with van der Waals surface area (Å²) < 4.78 is 0. The van der Waals surface area contributed by atoms with E-state index in [1.807, 2.05) is 13.1 Å². The molecule has 2 aromatic rings. The van der Waals surface area contributed by atoms with Crippen molar-refractivity contribution in [2.45, 2.75) is 45.8 Å². The van der Waals surface area contributed by atoms with Gasteiger partial charge in [0, 0.05) is 31.8 Å². The van der Waals surface area contributed by atoms with Gasteiger partial charge in [0.25, 0.3) is 0 Å². The summed E-state index contributed by atoms with van der Waals surface area (Å²) in [5.74, 6) is 0.757. The largest absolute Gasteiger partial charge is 0.352 e. The first-order chi connectivity index (χ1) is 11.1. The van der Waals surface area contributed by atoms with Gasteiger partial charge in [0.2, 0.25) is 5.91 Å². The van der Waals surface area contributed by atoms with Gasteiger partial charge in [0.1, 0.15) is 5.82 Å². The Hall–Kier alpha value is -1.79. The molecule has 0 bridgehead atoms. The number of likely N-dealkylation sites (tertiary alicyclic amines) is 1. The molecule has 1 N–H and O–H groups in total.